The zero-order chi connectivity index (χ0) is 17.5. The molecule has 24 heavy (non-hydrogen) atoms. The third-order valence-electron chi connectivity index (χ3n) is 5.39. The van der Waals surface area contributed by atoms with Gasteiger partial charge in [0.15, 0.2) is 0 Å². The summed E-state index contributed by atoms with van der Waals surface area (Å²) in [6, 6.07) is 0. The predicted octanol–water partition coefficient (Wildman–Crippen LogP) is 2.76. The Labute approximate surface area is 145 Å². The molecule has 3 rings (SSSR count). The maximum atomic E-state index is 11.6. The van der Waals surface area contributed by atoms with Crippen molar-refractivity contribution in [2.24, 2.45) is 5.41 Å². The second-order valence-corrected chi connectivity index (χ2v) is 9.76. The third kappa shape index (κ3) is 3.54. The smallest absolute Gasteiger partial charge is 0.246 e. The molecular weight excluding hydrogens is 322 g/mol. The molecule has 6 heteroatoms. The molecule has 0 saturated carbocycles. The van der Waals surface area contributed by atoms with Gasteiger partial charge in [0, 0.05) is 44.1 Å². The number of allylic oxidation sites excluding steroid dienone is 1. The highest BCUT2D eigenvalue weighted by Crippen LogP contribution is 2.40. The minimum Gasteiger partial charge on any atom is -0.295 e. The monoisotopic (exact) mass is 349 g/mol. The molecule has 1 aromatic heterocycles. The molecule has 0 N–H and O–H groups in total. The maximum absolute atomic E-state index is 11.6. The minimum atomic E-state index is -3.34. The Hall–Kier alpha value is -1.27. The van der Waals surface area contributed by atoms with Crippen molar-refractivity contribution >= 4 is 9.84 Å². The van der Waals surface area contributed by atoms with E-state index in [1.165, 1.54) is 19.3 Å². The Kier molecular flexibility index (Phi) is 4.55. The van der Waals surface area contributed by atoms with Gasteiger partial charge in [-0.2, -0.15) is 0 Å². The standard InChI is InChI=1S/C18H27N3O2S/c1-13-6-5-8-18(2,3)15(13)12-21-9-7-16-14(11-21)10-19-17(20-16)24(4,22)23/h10H,5-9,11-12H2,1-4H3. The molecule has 0 atom stereocenters. The van der Waals surface area contributed by atoms with Gasteiger partial charge in [-0.05, 0) is 31.6 Å². The second-order valence-electron chi connectivity index (χ2n) is 7.85. The summed E-state index contributed by atoms with van der Waals surface area (Å²) in [7, 11) is -3.34. The molecule has 0 saturated heterocycles. The van der Waals surface area contributed by atoms with Gasteiger partial charge in [0.1, 0.15) is 0 Å². The van der Waals surface area contributed by atoms with E-state index in [4.69, 9.17) is 0 Å². The van der Waals surface area contributed by atoms with Crippen molar-refractivity contribution in [3.8, 4) is 0 Å². The van der Waals surface area contributed by atoms with Gasteiger partial charge in [-0.1, -0.05) is 25.0 Å². The van der Waals surface area contributed by atoms with E-state index in [9.17, 15) is 8.42 Å². The highest BCUT2D eigenvalue weighted by atomic mass is 32.2. The Morgan fingerprint density at radius 1 is 1.29 bits per heavy atom. The average molecular weight is 350 g/mol. The molecule has 0 bridgehead atoms. The van der Waals surface area contributed by atoms with Crippen LogP contribution in [-0.2, 0) is 22.8 Å². The molecule has 5 nitrogen and oxygen atoms in total. The van der Waals surface area contributed by atoms with Crippen LogP contribution in [0.5, 0.6) is 0 Å². The molecule has 0 aromatic carbocycles. The lowest BCUT2D eigenvalue weighted by atomic mass is 9.72. The van der Waals surface area contributed by atoms with E-state index in [2.05, 4.69) is 35.6 Å². The highest BCUT2D eigenvalue weighted by Gasteiger charge is 2.30. The largest absolute Gasteiger partial charge is 0.295 e. The van der Waals surface area contributed by atoms with Crippen LogP contribution in [0, 0.1) is 5.41 Å². The van der Waals surface area contributed by atoms with Crippen molar-refractivity contribution in [2.45, 2.75) is 58.2 Å². The number of fused-ring (bicyclic) bond motifs is 1. The summed E-state index contributed by atoms with van der Waals surface area (Å²) in [6.07, 6.45) is 7.39. The average Bonchev–Trinajstić information content (AvgIpc) is 2.49. The van der Waals surface area contributed by atoms with Gasteiger partial charge in [-0.3, -0.25) is 4.90 Å². The number of rotatable bonds is 3. The van der Waals surface area contributed by atoms with Crippen molar-refractivity contribution in [3.63, 3.8) is 0 Å². The molecule has 1 aliphatic carbocycles. The summed E-state index contributed by atoms with van der Waals surface area (Å²) in [5.41, 5.74) is 5.33. The van der Waals surface area contributed by atoms with E-state index in [0.29, 0.717) is 0 Å². The van der Waals surface area contributed by atoms with Gasteiger partial charge in [-0.15, -0.1) is 0 Å². The summed E-state index contributed by atoms with van der Waals surface area (Å²) in [4.78, 5) is 10.8. The summed E-state index contributed by atoms with van der Waals surface area (Å²) in [6.45, 7) is 9.68. The van der Waals surface area contributed by atoms with E-state index in [0.717, 1.165) is 43.6 Å². The van der Waals surface area contributed by atoms with Crippen LogP contribution in [0.2, 0.25) is 0 Å². The molecule has 1 aliphatic heterocycles. The van der Waals surface area contributed by atoms with Crippen LogP contribution in [0.3, 0.4) is 0 Å². The number of hydrogen-bond donors (Lipinski definition) is 0. The Morgan fingerprint density at radius 2 is 2.04 bits per heavy atom. The molecule has 0 radical (unpaired) electrons. The molecule has 132 valence electrons. The first kappa shape index (κ1) is 17.5. The lowest BCUT2D eigenvalue weighted by molar-refractivity contribution is 0.238. The summed E-state index contributed by atoms with van der Waals surface area (Å²) in [5, 5.41) is -0.0540. The molecule has 0 fully saturated rings. The second kappa shape index (κ2) is 6.23. The van der Waals surface area contributed by atoms with Crippen molar-refractivity contribution in [3.05, 3.63) is 28.6 Å². The number of nitrogens with zero attached hydrogens (tertiary/aromatic N) is 3. The number of aromatic nitrogens is 2. The first-order chi connectivity index (χ1) is 11.2. The van der Waals surface area contributed by atoms with Crippen LogP contribution in [0.15, 0.2) is 22.5 Å². The molecular formula is C18H27N3O2S. The molecule has 2 heterocycles. The zero-order valence-corrected chi connectivity index (χ0v) is 15.9. The molecule has 0 spiro atoms. The summed E-state index contributed by atoms with van der Waals surface area (Å²) in [5.74, 6) is 0. The van der Waals surface area contributed by atoms with Crippen molar-refractivity contribution in [1.82, 2.24) is 14.9 Å². The molecule has 0 unspecified atom stereocenters. The van der Waals surface area contributed by atoms with Crippen molar-refractivity contribution < 1.29 is 8.42 Å². The Morgan fingerprint density at radius 3 is 2.71 bits per heavy atom. The fraction of sp³-hybridized carbons (Fsp3) is 0.667. The molecule has 2 aliphatic rings. The van der Waals surface area contributed by atoms with Crippen molar-refractivity contribution in [2.75, 3.05) is 19.3 Å². The van der Waals surface area contributed by atoms with Gasteiger partial charge in [0.05, 0.1) is 5.69 Å². The van der Waals surface area contributed by atoms with Gasteiger partial charge < -0.3 is 0 Å². The van der Waals surface area contributed by atoms with E-state index in [1.807, 2.05) is 0 Å². The molecule has 0 amide bonds. The van der Waals surface area contributed by atoms with Crippen LogP contribution in [0.4, 0.5) is 0 Å². The van der Waals surface area contributed by atoms with Gasteiger partial charge in [-0.25, -0.2) is 18.4 Å². The highest BCUT2D eigenvalue weighted by molar-refractivity contribution is 7.90. The van der Waals surface area contributed by atoms with Crippen LogP contribution in [-0.4, -0.2) is 42.6 Å². The zero-order valence-electron chi connectivity index (χ0n) is 15.1. The maximum Gasteiger partial charge on any atom is 0.246 e. The SMILES string of the molecule is CC1=C(CN2CCc3nc(S(C)(=O)=O)ncc3C2)C(C)(C)CCC1. The Balaban J connectivity index is 1.79. The van der Waals surface area contributed by atoms with E-state index >= 15 is 0 Å². The fourth-order valence-corrected chi connectivity index (χ4v) is 4.44. The summed E-state index contributed by atoms with van der Waals surface area (Å²) < 4.78 is 23.2. The van der Waals surface area contributed by atoms with Crippen LogP contribution in [0.25, 0.3) is 0 Å². The van der Waals surface area contributed by atoms with Crippen LogP contribution < -0.4 is 0 Å². The number of sulfone groups is 1. The van der Waals surface area contributed by atoms with Gasteiger partial charge >= 0.3 is 0 Å². The fourth-order valence-electron chi connectivity index (χ4n) is 3.92. The quantitative estimate of drug-likeness (QED) is 0.620. The normalized spacial score (nSPS) is 21.7. The van der Waals surface area contributed by atoms with Crippen LogP contribution in [0.1, 0.15) is 51.3 Å². The number of hydrogen-bond acceptors (Lipinski definition) is 5. The lowest BCUT2D eigenvalue weighted by Gasteiger charge is -2.38. The third-order valence-corrected chi connectivity index (χ3v) is 6.25. The van der Waals surface area contributed by atoms with Gasteiger partial charge in [0.2, 0.25) is 15.0 Å². The Bertz CT molecular complexity index is 781. The van der Waals surface area contributed by atoms with E-state index in [1.54, 1.807) is 17.3 Å². The first-order valence-corrected chi connectivity index (χ1v) is 10.5. The minimum absolute atomic E-state index is 0.0540. The molecule has 1 aromatic rings. The first-order valence-electron chi connectivity index (χ1n) is 8.63. The van der Waals surface area contributed by atoms with Gasteiger partial charge in [0.25, 0.3) is 0 Å². The van der Waals surface area contributed by atoms with Crippen molar-refractivity contribution in [1.29, 1.82) is 0 Å². The van der Waals surface area contributed by atoms with Crippen LogP contribution >= 0.6 is 0 Å². The van der Waals surface area contributed by atoms with E-state index in [-0.39, 0.29) is 10.6 Å². The predicted molar refractivity (Wildman–Crippen MR) is 94.5 cm³/mol. The lowest BCUT2D eigenvalue weighted by Crippen LogP contribution is -2.37. The summed E-state index contributed by atoms with van der Waals surface area (Å²) >= 11 is 0. The van der Waals surface area contributed by atoms with E-state index < -0.39 is 9.84 Å². The topological polar surface area (TPSA) is 63.2 Å².